The number of nitrogens with zero attached hydrogens (tertiary/aromatic N) is 3. The average molecular weight is 677 g/mol. The van der Waals surface area contributed by atoms with E-state index in [9.17, 15) is 29.1 Å². The van der Waals surface area contributed by atoms with E-state index in [1.807, 2.05) is 11.0 Å². The lowest BCUT2D eigenvalue weighted by molar-refractivity contribution is -0.191. The lowest BCUT2D eigenvalue weighted by atomic mass is 9.88. The van der Waals surface area contributed by atoms with E-state index in [0.29, 0.717) is 54.3 Å². The molecule has 6 rings (SSSR count). The van der Waals surface area contributed by atoms with Crippen molar-refractivity contribution >= 4 is 40.5 Å². The zero-order valence-corrected chi connectivity index (χ0v) is 28.2. The molecular weight excluding hydrogens is 636 g/mol. The highest BCUT2D eigenvalue weighted by Gasteiger charge is 2.48. The standard InChI is InChI=1S/C34H40N6O9/c1-17(35-27(41)18(2)36-32(45)49-33(3,4)5)28(42)37-21-7-8-23-19(14-21)13-20-16-40-24(26(20)38-23)15-22-25(29(40)43)30(39-9-11-47-12-10-39)48-31(44)34(22,6)46/h7-8,13-15,17-18,30,46H,9-12,16H2,1-6H3,(H,35,41)(H,36,45)(H,37,42)/t17-,18-,30-,34?/m0/s1. The quantitative estimate of drug-likeness (QED) is 0.218. The van der Waals surface area contributed by atoms with Gasteiger partial charge in [-0.1, -0.05) is 0 Å². The largest absolute Gasteiger partial charge is 0.444 e. The molecule has 5 heterocycles. The van der Waals surface area contributed by atoms with Gasteiger partial charge in [0, 0.05) is 35.3 Å². The van der Waals surface area contributed by atoms with Gasteiger partial charge in [-0.2, -0.15) is 0 Å². The third-order valence-corrected chi connectivity index (χ3v) is 8.71. The van der Waals surface area contributed by atoms with Gasteiger partial charge in [0.1, 0.15) is 17.7 Å². The van der Waals surface area contributed by atoms with Crippen LogP contribution in [-0.4, -0.2) is 87.4 Å². The molecule has 4 N–H and O–H groups in total. The molecule has 1 aromatic carbocycles. The molecule has 49 heavy (non-hydrogen) atoms. The van der Waals surface area contributed by atoms with E-state index < -0.39 is 53.4 Å². The molecule has 1 fully saturated rings. The number of hydrogen-bond donors (Lipinski definition) is 4. The number of pyridine rings is 2. The van der Waals surface area contributed by atoms with Crippen molar-refractivity contribution in [1.82, 2.24) is 25.1 Å². The lowest BCUT2D eigenvalue weighted by Gasteiger charge is -2.40. The van der Waals surface area contributed by atoms with Crippen molar-refractivity contribution < 1.29 is 38.5 Å². The molecule has 260 valence electrons. The second-order valence-corrected chi connectivity index (χ2v) is 13.7. The molecular formula is C34H40N6O9. The van der Waals surface area contributed by atoms with Crippen molar-refractivity contribution in [2.45, 2.75) is 77.6 Å². The van der Waals surface area contributed by atoms with Crippen molar-refractivity contribution in [3.05, 3.63) is 57.4 Å². The number of aromatic nitrogens is 2. The second-order valence-electron chi connectivity index (χ2n) is 13.7. The Hall–Kier alpha value is -4.86. The van der Waals surface area contributed by atoms with Crippen LogP contribution in [0.1, 0.15) is 64.5 Å². The summed E-state index contributed by atoms with van der Waals surface area (Å²) in [6, 6.07) is 6.81. The molecule has 0 aliphatic carbocycles. The number of esters is 1. The summed E-state index contributed by atoms with van der Waals surface area (Å²) in [7, 11) is 0. The van der Waals surface area contributed by atoms with Crippen LogP contribution in [0, 0.1) is 0 Å². The molecule has 3 aromatic rings. The number of aliphatic hydroxyl groups is 1. The number of nitrogens with one attached hydrogen (secondary N) is 3. The number of fused-ring (bicyclic) bond motifs is 5. The smallest absolute Gasteiger partial charge is 0.408 e. The van der Waals surface area contributed by atoms with Crippen LogP contribution < -0.4 is 21.5 Å². The minimum atomic E-state index is -2.02. The molecule has 3 aliphatic rings. The summed E-state index contributed by atoms with van der Waals surface area (Å²) in [5.41, 5.74) is 0.115. The van der Waals surface area contributed by atoms with Crippen LogP contribution >= 0.6 is 0 Å². The zero-order chi connectivity index (χ0) is 35.4. The maximum Gasteiger partial charge on any atom is 0.408 e. The molecule has 0 bridgehead atoms. The predicted octanol–water partition coefficient (Wildman–Crippen LogP) is 1.88. The summed E-state index contributed by atoms with van der Waals surface area (Å²) in [4.78, 5) is 71.3. The molecule has 0 saturated carbocycles. The van der Waals surface area contributed by atoms with Crippen LogP contribution in [0.3, 0.4) is 0 Å². The van der Waals surface area contributed by atoms with Crippen molar-refractivity contribution in [3.8, 4) is 11.4 Å². The van der Waals surface area contributed by atoms with E-state index >= 15 is 0 Å². The van der Waals surface area contributed by atoms with E-state index in [0.717, 1.165) is 5.56 Å². The molecule has 2 aromatic heterocycles. The topological polar surface area (TPSA) is 190 Å². The molecule has 15 heteroatoms. The van der Waals surface area contributed by atoms with Gasteiger partial charge in [-0.15, -0.1) is 0 Å². The minimum Gasteiger partial charge on any atom is -0.444 e. The fraction of sp³-hybridized carbons (Fsp3) is 0.471. The zero-order valence-electron chi connectivity index (χ0n) is 28.2. The number of alkyl carbamates (subject to hydrolysis) is 1. The number of carbonyl (C=O) groups excluding carboxylic acids is 4. The van der Waals surface area contributed by atoms with Gasteiger partial charge in [0.05, 0.1) is 42.2 Å². The van der Waals surface area contributed by atoms with Crippen molar-refractivity contribution in [1.29, 1.82) is 0 Å². The van der Waals surface area contributed by atoms with Gasteiger partial charge < -0.3 is 39.8 Å². The van der Waals surface area contributed by atoms with Gasteiger partial charge in [-0.3, -0.25) is 19.3 Å². The van der Waals surface area contributed by atoms with E-state index in [-0.39, 0.29) is 23.2 Å². The van der Waals surface area contributed by atoms with Crippen LogP contribution in [0.5, 0.6) is 0 Å². The van der Waals surface area contributed by atoms with Gasteiger partial charge in [0.2, 0.25) is 11.8 Å². The highest BCUT2D eigenvalue weighted by Crippen LogP contribution is 2.41. The fourth-order valence-electron chi connectivity index (χ4n) is 6.13. The molecule has 3 aliphatic heterocycles. The number of benzene rings is 1. The Balaban J connectivity index is 1.21. The molecule has 15 nitrogen and oxygen atoms in total. The number of morpholine rings is 1. The molecule has 0 radical (unpaired) electrons. The van der Waals surface area contributed by atoms with E-state index in [4.69, 9.17) is 19.2 Å². The first kappa shape index (κ1) is 34.0. The molecule has 4 atom stereocenters. The number of hydrogen-bond acceptors (Lipinski definition) is 11. The SMILES string of the molecule is C[C@H](NC(=O)OC(C)(C)C)C(=O)N[C@@H](C)C(=O)Nc1ccc2nc3c(cc2c1)Cn1c-3cc2c(c1=O)[C@@H](N1CCOCC1)OC(=O)C2(C)O. The Labute approximate surface area is 281 Å². The maximum absolute atomic E-state index is 14.1. The van der Waals surface area contributed by atoms with Crippen LogP contribution in [0.15, 0.2) is 35.1 Å². The van der Waals surface area contributed by atoms with E-state index in [2.05, 4.69) is 16.0 Å². The lowest BCUT2D eigenvalue weighted by Crippen LogP contribution is -2.51. The average Bonchev–Trinajstić information content (AvgIpc) is 3.39. The van der Waals surface area contributed by atoms with Gasteiger partial charge in [0.25, 0.3) is 5.56 Å². The number of cyclic esters (lactones) is 1. The highest BCUT2D eigenvalue weighted by molar-refractivity contribution is 5.99. The summed E-state index contributed by atoms with van der Waals surface area (Å²) in [6.07, 6.45) is -1.69. The molecule has 1 unspecified atom stereocenters. The number of ether oxygens (including phenoxy) is 3. The Morgan fingerprint density at radius 3 is 2.43 bits per heavy atom. The Bertz CT molecular complexity index is 1930. The van der Waals surface area contributed by atoms with Gasteiger partial charge in [-0.25, -0.2) is 14.6 Å². The summed E-state index contributed by atoms with van der Waals surface area (Å²) in [5.74, 6) is -1.87. The molecule has 1 saturated heterocycles. The predicted molar refractivity (Wildman–Crippen MR) is 176 cm³/mol. The van der Waals surface area contributed by atoms with E-state index in [1.165, 1.54) is 20.8 Å². The molecule has 3 amide bonds. The van der Waals surface area contributed by atoms with Crippen LogP contribution in [-0.2, 0) is 40.7 Å². The van der Waals surface area contributed by atoms with Crippen molar-refractivity contribution in [2.75, 3.05) is 31.6 Å². The minimum absolute atomic E-state index is 0.195. The Morgan fingerprint density at radius 1 is 1.04 bits per heavy atom. The molecule has 0 spiro atoms. The summed E-state index contributed by atoms with van der Waals surface area (Å²) >= 11 is 0. The number of anilines is 1. The summed E-state index contributed by atoms with van der Waals surface area (Å²) < 4.78 is 17.8. The summed E-state index contributed by atoms with van der Waals surface area (Å²) in [6.45, 7) is 11.4. The third-order valence-electron chi connectivity index (χ3n) is 8.71. The van der Waals surface area contributed by atoms with Crippen LogP contribution in [0.2, 0.25) is 0 Å². The third kappa shape index (κ3) is 6.60. The van der Waals surface area contributed by atoms with Gasteiger partial charge in [-0.05, 0) is 71.9 Å². The Kier molecular flexibility index (Phi) is 8.71. The van der Waals surface area contributed by atoms with Crippen molar-refractivity contribution in [2.24, 2.45) is 0 Å². The fourth-order valence-corrected chi connectivity index (χ4v) is 6.13. The normalized spacial score (nSPS) is 21.4. The number of carbonyl (C=O) groups is 4. The van der Waals surface area contributed by atoms with E-state index in [1.54, 1.807) is 49.6 Å². The van der Waals surface area contributed by atoms with Gasteiger partial charge in [0.15, 0.2) is 11.8 Å². The summed E-state index contributed by atoms with van der Waals surface area (Å²) in [5, 5.41) is 19.7. The Morgan fingerprint density at radius 2 is 1.73 bits per heavy atom. The van der Waals surface area contributed by atoms with Crippen LogP contribution in [0.25, 0.3) is 22.3 Å². The highest BCUT2D eigenvalue weighted by atomic mass is 16.6. The van der Waals surface area contributed by atoms with Gasteiger partial charge >= 0.3 is 12.1 Å². The van der Waals surface area contributed by atoms with Crippen molar-refractivity contribution in [3.63, 3.8) is 0 Å². The van der Waals surface area contributed by atoms with Crippen LogP contribution in [0.4, 0.5) is 10.5 Å². The first-order valence-electron chi connectivity index (χ1n) is 16.1. The first-order valence-corrected chi connectivity index (χ1v) is 16.1. The number of amides is 3. The maximum atomic E-state index is 14.1. The second kappa shape index (κ2) is 12.5. The monoisotopic (exact) mass is 676 g/mol. The number of rotatable bonds is 6. The first-order chi connectivity index (χ1) is 23.0.